The lowest BCUT2D eigenvalue weighted by Crippen LogP contribution is -2.12. The molecule has 0 aliphatic rings. The van der Waals surface area contributed by atoms with E-state index in [9.17, 15) is 9.59 Å². The maximum atomic E-state index is 11.7. The minimum atomic E-state index is -0.967. The Kier molecular flexibility index (Phi) is 6.31. The number of thioether (sulfide) groups is 1. The first-order valence-electron chi connectivity index (χ1n) is 6.13. The molecule has 0 aliphatic carbocycles. The van der Waals surface area contributed by atoms with Crippen LogP contribution in [0.3, 0.4) is 0 Å². The molecule has 108 valence electrons. The Morgan fingerprint density at radius 3 is 2.70 bits per heavy atom. The summed E-state index contributed by atoms with van der Waals surface area (Å²) in [5.41, 5.74) is 0.843. The zero-order valence-electron chi connectivity index (χ0n) is 11.8. The van der Waals surface area contributed by atoms with Gasteiger partial charge >= 0.3 is 5.97 Å². The number of carbonyl (C=O) groups is 2. The van der Waals surface area contributed by atoms with Crippen LogP contribution in [0.1, 0.15) is 18.9 Å². The molecule has 1 atom stereocenters. The zero-order chi connectivity index (χ0) is 15.1. The first-order chi connectivity index (χ1) is 9.47. The van der Waals surface area contributed by atoms with E-state index in [4.69, 9.17) is 9.84 Å². The Bertz CT molecular complexity index is 523. The minimum Gasteiger partial charge on any atom is -0.496 e. The summed E-state index contributed by atoms with van der Waals surface area (Å²) in [6.45, 7) is 1.61. The van der Waals surface area contributed by atoms with Gasteiger partial charge in [0.15, 0.2) is 5.78 Å². The zero-order valence-corrected chi connectivity index (χ0v) is 12.6. The van der Waals surface area contributed by atoms with Gasteiger partial charge in [0.05, 0.1) is 13.5 Å². The van der Waals surface area contributed by atoms with Crippen LogP contribution in [0, 0.1) is 5.92 Å². The molecule has 0 heterocycles. The summed E-state index contributed by atoms with van der Waals surface area (Å²) in [6, 6.07) is 5.66. The van der Waals surface area contributed by atoms with Crippen molar-refractivity contribution < 1.29 is 19.4 Å². The van der Waals surface area contributed by atoms with Gasteiger partial charge in [0.1, 0.15) is 5.75 Å². The highest BCUT2D eigenvalue weighted by atomic mass is 32.2. The van der Waals surface area contributed by atoms with E-state index in [1.165, 1.54) is 6.08 Å². The number of rotatable bonds is 7. The van der Waals surface area contributed by atoms with E-state index >= 15 is 0 Å². The van der Waals surface area contributed by atoms with Crippen LogP contribution in [0.2, 0.25) is 0 Å². The van der Waals surface area contributed by atoms with Crippen LogP contribution in [0.4, 0.5) is 0 Å². The summed E-state index contributed by atoms with van der Waals surface area (Å²) < 4.78 is 5.27. The van der Waals surface area contributed by atoms with Crippen molar-refractivity contribution in [3.05, 3.63) is 29.8 Å². The highest BCUT2D eigenvalue weighted by Crippen LogP contribution is 2.28. The molecule has 1 rings (SSSR count). The lowest BCUT2D eigenvalue weighted by Gasteiger charge is -2.07. The summed E-state index contributed by atoms with van der Waals surface area (Å²) in [5.74, 6) is -0.924. The number of hydrogen-bond donors (Lipinski definition) is 1. The second-order valence-corrected chi connectivity index (χ2v) is 5.20. The third-order valence-electron chi connectivity index (χ3n) is 2.81. The Hall–Kier alpha value is -1.75. The number of ether oxygens (including phenoxy) is 1. The normalized spacial score (nSPS) is 12.3. The summed E-state index contributed by atoms with van der Waals surface area (Å²) in [5, 5.41) is 8.65. The van der Waals surface area contributed by atoms with Gasteiger partial charge in [-0.15, -0.1) is 11.8 Å². The highest BCUT2D eigenvalue weighted by molar-refractivity contribution is 7.98. The van der Waals surface area contributed by atoms with E-state index in [1.807, 2.05) is 24.5 Å². The number of methoxy groups -OCH3 is 1. The monoisotopic (exact) mass is 294 g/mol. The van der Waals surface area contributed by atoms with Crippen LogP contribution in [0.5, 0.6) is 5.75 Å². The first kappa shape index (κ1) is 16.3. The molecule has 1 N–H and O–H groups in total. The number of ketones is 1. The summed E-state index contributed by atoms with van der Waals surface area (Å²) in [6.07, 6.45) is 4.90. The van der Waals surface area contributed by atoms with Crippen molar-refractivity contribution in [2.24, 2.45) is 5.92 Å². The van der Waals surface area contributed by atoms with Crippen LogP contribution in [0.15, 0.2) is 29.2 Å². The number of carboxylic acid groups (broad SMARTS) is 1. The molecule has 1 aromatic carbocycles. The molecular formula is C15H18O4S. The highest BCUT2D eigenvalue weighted by Gasteiger charge is 2.13. The van der Waals surface area contributed by atoms with Crippen LogP contribution >= 0.6 is 11.8 Å². The predicted molar refractivity (Wildman–Crippen MR) is 80.2 cm³/mol. The van der Waals surface area contributed by atoms with Crippen molar-refractivity contribution >= 4 is 29.6 Å². The van der Waals surface area contributed by atoms with Gasteiger partial charge in [-0.05, 0) is 30.0 Å². The van der Waals surface area contributed by atoms with Crippen LogP contribution in [0.25, 0.3) is 6.08 Å². The van der Waals surface area contributed by atoms with Gasteiger partial charge in [0.25, 0.3) is 0 Å². The Balaban J connectivity index is 2.80. The van der Waals surface area contributed by atoms with E-state index in [-0.39, 0.29) is 12.2 Å². The van der Waals surface area contributed by atoms with Crippen molar-refractivity contribution in [1.82, 2.24) is 0 Å². The molecule has 20 heavy (non-hydrogen) atoms. The second kappa shape index (κ2) is 7.75. The molecule has 0 aliphatic heterocycles. The number of allylic oxidation sites excluding steroid dienone is 1. The molecule has 1 unspecified atom stereocenters. The number of hydrogen-bond acceptors (Lipinski definition) is 4. The Morgan fingerprint density at radius 2 is 2.15 bits per heavy atom. The minimum absolute atomic E-state index is 0.155. The SMILES string of the molecule is COc1cc(/C=C/C(=O)C(C)CC(=O)O)ccc1SC. The van der Waals surface area contributed by atoms with E-state index in [0.717, 1.165) is 16.2 Å². The fourth-order valence-electron chi connectivity index (χ4n) is 1.66. The summed E-state index contributed by atoms with van der Waals surface area (Å²) in [4.78, 5) is 23.3. The molecule has 5 heteroatoms. The fourth-order valence-corrected chi connectivity index (χ4v) is 2.21. The molecule has 0 fully saturated rings. The largest absolute Gasteiger partial charge is 0.496 e. The molecule has 0 bridgehead atoms. The first-order valence-corrected chi connectivity index (χ1v) is 7.36. The van der Waals surface area contributed by atoms with E-state index < -0.39 is 11.9 Å². The number of benzene rings is 1. The summed E-state index contributed by atoms with van der Waals surface area (Å²) in [7, 11) is 1.60. The molecule has 0 saturated carbocycles. The van der Waals surface area contributed by atoms with Gasteiger partial charge in [-0.25, -0.2) is 0 Å². The lowest BCUT2D eigenvalue weighted by atomic mass is 10.0. The third kappa shape index (κ3) is 4.74. The smallest absolute Gasteiger partial charge is 0.304 e. The standard InChI is InChI=1S/C15H18O4S/c1-10(8-15(17)18)12(16)6-4-11-5-7-14(20-3)13(9-11)19-2/h4-7,9-10H,8H2,1-3H3,(H,17,18)/b6-4+. The van der Waals surface area contributed by atoms with Crippen LogP contribution in [-0.4, -0.2) is 30.2 Å². The second-order valence-electron chi connectivity index (χ2n) is 4.35. The molecule has 0 radical (unpaired) electrons. The van der Waals surface area contributed by atoms with Gasteiger partial charge < -0.3 is 9.84 Å². The van der Waals surface area contributed by atoms with Crippen molar-refractivity contribution in [1.29, 1.82) is 0 Å². The molecule has 0 aromatic heterocycles. The van der Waals surface area contributed by atoms with E-state index in [1.54, 1.807) is 31.9 Å². The van der Waals surface area contributed by atoms with E-state index in [2.05, 4.69) is 0 Å². The molecule has 0 amide bonds. The predicted octanol–water partition coefficient (Wildman–Crippen LogP) is 3.11. The lowest BCUT2D eigenvalue weighted by molar-refractivity contribution is -0.139. The van der Waals surface area contributed by atoms with Crippen molar-refractivity contribution in [3.63, 3.8) is 0 Å². The van der Waals surface area contributed by atoms with Crippen molar-refractivity contribution in [2.45, 2.75) is 18.2 Å². The molecule has 0 spiro atoms. The maximum Gasteiger partial charge on any atom is 0.304 e. The maximum absolute atomic E-state index is 11.7. The number of carboxylic acids is 1. The van der Waals surface area contributed by atoms with Gasteiger partial charge in [-0.3, -0.25) is 9.59 Å². The molecule has 0 saturated heterocycles. The van der Waals surface area contributed by atoms with Crippen molar-refractivity contribution in [3.8, 4) is 5.75 Å². The topological polar surface area (TPSA) is 63.6 Å². The average Bonchev–Trinajstić information content (AvgIpc) is 2.43. The molecule has 4 nitrogen and oxygen atoms in total. The molecular weight excluding hydrogens is 276 g/mol. The Morgan fingerprint density at radius 1 is 1.45 bits per heavy atom. The van der Waals surface area contributed by atoms with Gasteiger partial charge in [-0.2, -0.15) is 0 Å². The average molecular weight is 294 g/mol. The van der Waals surface area contributed by atoms with Crippen molar-refractivity contribution in [2.75, 3.05) is 13.4 Å². The van der Waals surface area contributed by atoms with Crippen LogP contribution < -0.4 is 4.74 Å². The fraction of sp³-hybridized carbons (Fsp3) is 0.333. The quantitative estimate of drug-likeness (QED) is 0.618. The van der Waals surface area contributed by atoms with E-state index in [0.29, 0.717) is 0 Å². The Labute approximate surface area is 122 Å². The number of aliphatic carboxylic acids is 1. The number of carbonyl (C=O) groups excluding carboxylic acids is 1. The molecule has 1 aromatic rings. The van der Waals surface area contributed by atoms with Gasteiger partial charge in [-0.1, -0.05) is 19.1 Å². The third-order valence-corrected chi connectivity index (χ3v) is 3.59. The van der Waals surface area contributed by atoms with Crippen LogP contribution in [-0.2, 0) is 9.59 Å². The van der Waals surface area contributed by atoms with Gasteiger partial charge in [0.2, 0.25) is 0 Å². The van der Waals surface area contributed by atoms with Gasteiger partial charge in [0, 0.05) is 10.8 Å². The summed E-state index contributed by atoms with van der Waals surface area (Å²) >= 11 is 1.58.